The maximum Gasteiger partial charge on any atom is 0.186 e. The van der Waals surface area contributed by atoms with Gasteiger partial charge in [-0.2, -0.15) is 0 Å². The van der Waals surface area contributed by atoms with Crippen LogP contribution in [0.3, 0.4) is 0 Å². The number of ketones is 1. The van der Waals surface area contributed by atoms with Crippen LogP contribution in [0.25, 0.3) is 0 Å². The number of carbonyl (C=O) groups excluding carboxylic acids is 1. The molecule has 0 aliphatic rings. The van der Waals surface area contributed by atoms with Crippen molar-refractivity contribution < 1.29 is 4.79 Å². The average Bonchev–Trinajstić information content (AvgIpc) is 2.56. The van der Waals surface area contributed by atoms with Crippen molar-refractivity contribution in [2.75, 3.05) is 0 Å². The standard InChI is InChI=1S/C16H11Cl4NOS/c1-2-9-3-5-10(6-4-9)11(22)7-8-23-14-12(17)15(19)21-16(20)13(14)18/h3-8H,2H2,1H3. The number of pyridine rings is 1. The zero-order valence-electron chi connectivity index (χ0n) is 11.9. The maximum atomic E-state index is 12.1. The van der Waals surface area contributed by atoms with Gasteiger partial charge in [0, 0.05) is 5.56 Å². The summed E-state index contributed by atoms with van der Waals surface area (Å²) >= 11 is 25.0. The Bertz CT molecular complexity index is 733. The molecule has 7 heteroatoms. The number of allylic oxidation sites excluding steroid dienone is 1. The Kier molecular flexibility index (Phi) is 6.81. The molecule has 0 atom stereocenters. The second kappa shape index (κ2) is 8.41. The molecule has 0 saturated carbocycles. The molecule has 0 aliphatic heterocycles. The van der Waals surface area contributed by atoms with Gasteiger partial charge in [-0.1, -0.05) is 89.4 Å². The molecule has 2 rings (SSSR count). The fraction of sp³-hybridized carbons (Fsp3) is 0.125. The number of thioether (sulfide) groups is 1. The lowest BCUT2D eigenvalue weighted by molar-refractivity contribution is 0.104. The largest absolute Gasteiger partial charge is 0.289 e. The molecule has 0 unspecified atom stereocenters. The van der Waals surface area contributed by atoms with E-state index in [0.717, 1.165) is 18.2 Å². The summed E-state index contributed by atoms with van der Waals surface area (Å²) in [5, 5.41) is 2.14. The lowest BCUT2D eigenvalue weighted by Gasteiger charge is -2.06. The number of hydrogen-bond acceptors (Lipinski definition) is 3. The molecular formula is C16H11Cl4NOS. The molecule has 2 aromatic rings. The van der Waals surface area contributed by atoms with E-state index in [1.54, 1.807) is 17.5 Å². The number of halogens is 4. The minimum Gasteiger partial charge on any atom is -0.289 e. The van der Waals surface area contributed by atoms with E-state index in [0.29, 0.717) is 10.5 Å². The zero-order chi connectivity index (χ0) is 17.0. The Morgan fingerprint density at radius 3 is 2.17 bits per heavy atom. The summed E-state index contributed by atoms with van der Waals surface area (Å²) in [6.45, 7) is 2.06. The minimum absolute atomic E-state index is 0.0680. The van der Waals surface area contributed by atoms with Gasteiger partial charge in [-0.15, -0.1) is 0 Å². The number of aryl methyl sites for hydroxylation is 1. The molecule has 0 bridgehead atoms. The molecule has 0 spiro atoms. The highest BCUT2D eigenvalue weighted by Gasteiger charge is 2.15. The first-order chi connectivity index (χ1) is 10.9. The minimum atomic E-state index is -0.112. The predicted molar refractivity (Wildman–Crippen MR) is 99.4 cm³/mol. The molecule has 0 radical (unpaired) electrons. The Morgan fingerprint density at radius 2 is 1.65 bits per heavy atom. The molecule has 0 N–H and O–H groups in total. The van der Waals surface area contributed by atoms with Crippen LogP contribution in [0.1, 0.15) is 22.8 Å². The summed E-state index contributed by atoms with van der Waals surface area (Å²) in [5.74, 6) is -0.112. The van der Waals surface area contributed by atoms with E-state index in [9.17, 15) is 4.79 Å². The third-order valence-corrected chi connectivity index (χ3v) is 5.63. The Hall–Kier alpha value is -0.710. The maximum absolute atomic E-state index is 12.1. The van der Waals surface area contributed by atoms with Crippen LogP contribution in [0, 0.1) is 0 Å². The molecule has 2 nitrogen and oxygen atoms in total. The number of aromatic nitrogens is 1. The first kappa shape index (κ1) is 18.6. The molecule has 1 aromatic heterocycles. The van der Waals surface area contributed by atoms with Crippen LogP contribution >= 0.6 is 58.2 Å². The molecule has 0 amide bonds. The number of carbonyl (C=O) groups is 1. The number of rotatable bonds is 5. The monoisotopic (exact) mass is 405 g/mol. The van der Waals surface area contributed by atoms with Gasteiger partial charge in [0.2, 0.25) is 0 Å². The third-order valence-electron chi connectivity index (χ3n) is 3.01. The first-order valence-electron chi connectivity index (χ1n) is 6.60. The molecule has 0 fully saturated rings. The highest BCUT2D eigenvalue weighted by molar-refractivity contribution is 8.02. The zero-order valence-corrected chi connectivity index (χ0v) is 15.8. The summed E-state index contributed by atoms with van der Waals surface area (Å²) in [6, 6.07) is 7.47. The molecule has 1 aromatic carbocycles. The van der Waals surface area contributed by atoms with E-state index in [-0.39, 0.29) is 26.1 Å². The van der Waals surface area contributed by atoms with Crippen molar-refractivity contribution in [1.82, 2.24) is 4.98 Å². The highest BCUT2D eigenvalue weighted by atomic mass is 35.5. The van der Waals surface area contributed by atoms with Gasteiger partial charge in [-0.05, 0) is 23.5 Å². The highest BCUT2D eigenvalue weighted by Crippen LogP contribution is 2.41. The smallest absolute Gasteiger partial charge is 0.186 e. The number of hydrogen-bond donors (Lipinski definition) is 0. The van der Waals surface area contributed by atoms with Crippen LogP contribution in [0.15, 0.2) is 40.6 Å². The summed E-state index contributed by atoms with van der Waals surface area (Å²) < 4.78 is 0. The summed E-state index contributed by atoms with van der Waals surface area (Å²) in [6.07, 6.45) is 2.38. The van der Waals surface area contributed by atoms with Crippen molar-refractivity contribution in [2.45, 2.75) is 18.2 Å². The van der Waals surface area contributed by atoms with Crippen molar-refractivity contribution in [3.63, 3.8) is 0 Å². The van der Waals surface area contributed by atoms with E-state index in [2.05, 4.69) is 11.9 Å². The summed E-state index contributed by atoms with van der Waals surface area (Å²) in [5.41, 5.74) is 1.79. The van der Waals surface area contributed by atoms with Crippen molar-refractivity contribution in [3.8, 4) is 0 Å². The predicted octanol–water partition coefficient (Wildman–Crippen LogP) is 6.75. The van der Waals surface area contributed by atoms with Crippen molar-refractivity contribution in [3.05, 3.63) is 67.2 Å². The van der Waals surface area contributed by atoms with Gasteiger partial charge < -0.3 is 0 Å². The molecular weight excluding hydrogens is 396 g/mol. The normalized spacial score (nSPS) is 11.2. The van der Waals surface area contributed by atoms with Gasteiger partial charge in [0.1, 0.15) is 0 Å². The van der Waals surface area contributed by atoms with E-state index in [1.807, 2.05) is 12.1 Å². The van der Waals surface area contributed by atoms with Crippen molar-refractivity contribution >= 4 is 63.9 Å². The van der Waals surface area contributed by atoms with E-state index < -0.39 is 0 Å². The number of benzene rings is 1. The molecule has 120 valence electrons. The quantitative estimate of drug-likeness (QED) is 0.238. The molecule has 0 aliphatic carbocycles. The van der Waals surface area contributed by atoms with Gasteiger partial charge in [0.15, 0.2) is 16.1 Å². The summed E-state index contributed by atoms with van der Waals surface area (Å²) in [4.78, 5) is 16.4. The van der Waals surface area contributed by atoms with Crippen LogP contribution < -0.4 is 0 Å². The van der Waals surface area contributed by atoms with Crippen molar-refractivity contribution in [1.29, 1.82) is 0 Å². The van der Waals surface area contributed by atoms with E-state index >= 15 is 0 Å². The SMILES string of the molecule is CCc1ccc(C(=O)C=CSc2c(Cl)c(Cl)nc(Cl)c2Cl)cc1. The summed E-state index contributed by atoms with van der Waals surface area (Å²) in [7, 11) is 0. The Balaban J connectivity index is 2.14. The van der Waals surface area contributed by atoms with E-state index in [4.69, 9.17) is 46.4 Å². The van der Waals surface area contributed by atoms with Gasteiger partial charge in [0.05, 0.1) is 14.9 Å². The van der Waals surface area contributed by atoms with Crippen LogP contribution in [0.5, 0.6) is 0 Å². The second-order valence-corrected chi connectivity index (χ2v) is 6.87. The fourth-order valence-electron chi connectivity index (χ4n) is 1.74. The third kappa shape index (κ3) is 4.65. The molecule has 1 heterocycles. The van der Waals surface area contributed by atoms with Gasteiger partial charge in [0.25, 0.3) is 0 Å². The van der Waals surface area contributed by atoms with Crippen LogP contribution in [-0.4, -0.2) is 10.8 Å². The number of nitrogens with zero attached hydrogens (tertiary/aromatic N) is 1. The lowest BCUT2D eigenvalue weighted by atomic mass is 10.1. The topological polar surface area (TPSA) is 30.0 Å². The Labute approximate surface area is 158 Å². The lowest BCUT2D eigenvalue weighted by Crippen LogP contribution is -1.94. The van der Waals surface area contributed by atoms with Gasteiger partial charge >= 0.3 is 0 Å². The fourth-order valence-corrected chi connectivity index (χ4v) is 3.57. The van der Waals surface area contributed by atoms with E-state index in [1.165, 1.54) is 11.6 Å². The average molecular weight is 407 g/mol. The Morgan fingerprint density at radius 1 is 1.09 bits per heavy atom. The van der Waals surface area contributed by atoms with Crippen LogP contribution in [0.2, 0.25) is 20.4 Å². The van der Waals surface area contributed by atoms with Gasteiger partial charge in [-0.3, -0.25) is 4.79 Å². The molecule has 23 heavy (non-hydrogen) atoms. The van der Waals surface area contributed by atoms with Crippen LogP contribution in [0.4, 0.5) is 0 Å². The van der Waals surface area contributed by atoms with Gasteiger partial charge in [-0.25, -0.2) is 4.98 Å². The first-order valence-corrected chi connectivity index (χ1v) is 8.99. The molecule has 0 saturated heterocycles. The van der Waals surface area contributed by atoms with Crippen molar-refractivity contribution in [2.24, 2.45) is 0 Å². The van der Waals surface area contributed by atoms with Crippen LogP contribution in [-0.2, 0) is 6.42 Å². The second-order valence-electron chi connectivity index (χ2n) is 4.49.